The van der Waals surface area contributed by atoms with Crippen LogP contribution in [0.15, 0.2) is 18.2 Å². The van der Waals surface area contributed by atoms with E-state index in [2.05, 4.69) is 10.6 Å². The molecular formula is C11H13ClN2O2. The molecule has 1 aromatic rings. The van der Waals surface area contributed by atoms with Crippen LogP contribution in [-0.4, -0.2) is 30.1 Å². The number of phenolic OH excluding ortho intramolecular Hbond substituents is 1. The monoisotopic (exact) mass is 240 g/mol. The summed E-state index contributed by atoms with van der Waals surface area (Å²) in [4.78, 5) is 11.8. The summed E-state index contributed by atoms with van der Waals surface area (Å²) >= 11 is 5.69. The van der Waals surface area contributed by atoms with E-state index in [9.17, 15) is 9.90 Å². The first-order valence-corrected chi connectivity index (χ1v) is 5.54. The number of benzene rings is 1. The van der Waals surface area contributed by atoms with E-state index in [1.54, 1.807) is 6.07 Å². The van der Waals surface area contributed by atoms with Crippen LogP contribution < -0.4 is 10.6 Å². The second-order valence-electron chi connectivity index (χ2n) is 3.82. The Labute approximate surface area is 98.6 Å². The summed E-state index contributed by atoms with van der Waals surface area (Å²) in [7, 11) is 0. The molecule has 2 rings (SSSR count). The molecule has 1 heterocycles. The summed E-state index contributed by atoms with van der Waals surface area (Å²) < 4.78 is 0. The highest BCUT2D eigenvalue weighted by atomic mass is 35.5. The minimum Gasteiger partial charge on any atom is -0.507 e. The molecular weight excluding hydrogens is 228 g/mol. The summed E-state index contributed by atoms with van der Waals surface area (Å²) in [5, 5.41) is 16.0. The Hall–Kier alpha value is -1.26. The number of amides is 1. The topological polar surface area (TPSA) is 61.4 Å². The Bertz CT molecular complexity index is 403. The van der Waals surface area contributed by atoms with Crippen molar-refractivity contribution in [3.63, 3.8) is 0 Å². The van der Waals surface area contributed by atoms with Crippen LogP contribution in [0.25, 0.3) is 0 Å². The van der Waals surface area contributed by atoms with Gasteiger partial charge in [-0.2, -0.15) is 0 Å². The minimum atomic E-state index is -0.261. The van der Waals surface area contributed by atoms with Crippen molar-refractivity contribution in [3.8, 4) is 5.75 Å². The molecule has 0 aromatic heterocycles. The summed E-state index contributed by atoms with van der Waals surface area (Å²) in [6.45, 7) is 1.69. The Morgan fingerprint density at radius 1 is 1.56 bits per heavy atom. The second kappa shape index (κ2) is 4.72. The average Bonchev–Trinajstić information content (AvgIpc) is 2.70. The van der Waals surface area contributed by atoms with Crippen molar-refractivity contribution in [2.75, 3.05) is 13.1 Å². The van der Waals surface area contributed by atoms with Gasteiger partial charge in [-0.25, -0.2) is 0 Å². The normalized spacial score (nSPS) is 19.7. The van der Waals surface area contributed by atoms with Gasteiger partial charge in [0, 0.05) is 17.6 Å². The van der Waals surface area contributed by atoms with Crippen LogP contribution in [0.5, 0.6) is 5.75 Å². The van der Waals surface area contributed by atoms with Crippen LogP contribution in [0.3, 0.4) is 0 Å². The van der Waals surface area contributed by atoms with Crippen molar-refractivity contribution in [2.24, 2.45) is 0 Å². The van der Waals surface area contributed by atoms with Gasteiger partial charge in [0.2, 0.25) is 0 Å². The highest BCUT2D eigenvalue weighted by Gasteiger charge is 2.19. The number of carbonyl (C=O) groups is 1. The van der Waals surface area contributed by atoms with Crippen molar-refractivity contribution >= 4 is 17.5 Å². The SMILES string of the molecule is O=C(NC1CCNC1)c1ccc(Cl)cc1O. The lowest BCUT2D eigenvalue weighted by Gasteiger charge is -2.12. The quantitative estimate of drug-likeness (QED) is 0.727. The van der Waals surface area contributed by atoms with Gasteiger partial charge in [0.05, 0.1) is 5.56 Å². The predicted molar refractivity (Wildman–Crippen MR) is 61.9 cm³/mol. The Balaban J connectivity index is 2.08. The zero-order valence-corrected chi connectivity index (χ0v) is 9.42. The molecule has 0 saturated carbocycles. The molecule has 0 spiro atoms. The maximum absolute atomic E-state index is 11.8. The lowest BCUT2D eigenvalue weighted by Crippen LogP contribution is -2.36. The lowest BCUT2D eigenvalue weighted by molar-refractivity contribution is 0.0937. The Morgan fingerprint density at radius 2 is 2.38 bits per heavy atom. The van der Waals surface area contributed by atoms with Crippen LogP contribution in [-0.2, 0) is 0 Å². The first-order chi connectivity index (χ1) is 7.66. The van der Waals surface area contributed by atoms with Crippen molar-refractivity contribution in [3.05, 3.63) is 28.8 Å². The van der Waals surface area contributed by atoms with Gasteiger partial charge in [0.25, 0.3) is 5.91 Å². The largest absolute Gasteiger partial charge is 0.507 e. The molecule has 86 valence electrons. The van der Waals surface area contributed by atoms with Crippen LogP contribution in [0, 0.1) is 0 Å². The zero-order chi connectivity index (χ0) is 11.5. The van der Waals surface area contributed by atoms with Crippen molar-refractivity contribution < 1.29 is 9.90 Å². The smallest absolute Gasteiger partial charge is 0.255 e. The first-order valence-electron chi connectivity index (χ1n) is 5.17. The predicted octanol–water partition coefficient (Wildman–Crippen LogP) is 1.14. The highest BCUT2D eigenvalue weighted by Crippen LogP contribution is 2.21. The number of aromatic hydroxyl groups is 1. The molecule has 16 heavy (non-hydrogen) atoms. The summed E-state index contributed by atoms with van der Waals surface area (Å²) in [6.07, 6.45) is 0.917. The van der Waals surface area contributed by atoms with E-state index in [1.807, 2.05) is 0 Å². The fraction of sp³-hybridized carbons (Fsp3) is 0.364. The van der Waals surface area contributed by atoms with Gasteiger partial charge in [-0.15, -0.1) is 0 Å². The van der Waals surface area contributed by atoms with Crippen LogP contribution >= 0.6 is 11.6 Å². The summed E-state index contributed by atoms with van der Waals surface area (Å²) in [6, 6.07) is 4.62. The van der Waals surface area contributed by atoms with Crippen molar-refractivity contribution in [2.45, 2.75) is 12.5 Å². The number of nitrogens with one attached hydrogen (secondary N) is 2. The van der Waals surface area contributed by atoms with Gasteiger partial charge in [0.1, 0.15) is 5.75 Å². The molecule has 1 fully saturated rings. The number of hydrogen-bond acceptors (Lipinski definition) is 3. The molecule has 1 amide bonds. The van der Waals surface area contributed by atoms with E-state index in [0.29, 0.717) is 5.02 Å². The zero-order valence-electron chi connectivity index (χ0n) is 8.66. The molecule has 1 aromatic carbocycles. The lowest BCUT2D eigenvalue weighted by atomic mass is 10.1. The van der Waals surface area contributed by atoms with E-state index in [0.717, 1.165) is 19.5 Å². The maximum atomic E-state index is 11.8. The molecule has 0 aliphatic carbocycles. The molecule has 1 aliphatic heterocycles. The molecule has 5 heteroatoms. The number of phenols is 1. The van der Waals surface area contributed by atoms with E-state index < -0.39 is 0 Å². The Morgan fingerprint density at radius 3 is 3.00 bits per heavy atom. The third-order valence-electron chi connectivity index (χ3n) is 2.60. The minimum absolute atomic E-state index is 0.0871. The van der Waals surface area contributed by atoms with Crippen LogP contribution in [0.1, 0.15) is 16.8 Å². The van der Waals surface area contributed by atoms with Gasteiger partial charge < -0.3 is 15.7 Å². The van der Waals surface area contributed by atoms with Crippen LogP contribution in [0.4, 0.5) is 0 Å². The summed E-state index contributed by atoms with van der Waals surface area (Å²) in [5.41, 5.74) is 0.260. The van der Waals surface area contributed by atoms with Gasteiger partial charge in [-0.1, -0.05) is 11.6 Å². The first kappa shape index (κ1) is 11.2. The number of hydrogen-bond donors (Lipinski definition) is 3. The number of rotatable bonds is 2. The van der Waals surface area contributed by atoms with Gasteiger partial charge in [0.15, 0.2) is 0 Å². The third kappa shape index (κ3) is 2.46. The molecule has 3 N–H and O–H groups in total. The number of carbonyl (C=O) groups excluding carboxylic acids is 1. The molecule has 1 aliphatic rings. The molecule has 0 radical (unpaired) electrons. The summed E-state index contributed by atoms with van der Waals surface area (Å²) in [5.74, 6) is -0.348. The van der Waals surface area contributed by atoms with Crippen LogP contribution in [0.2, 0.25) is 5.02 Å². The number of halogens is 1. The van der Waals surface area contributed by atoms with E-state index in [1.165, 1.54) is 12.1 Å². The molecule has 1 unspecified atom stereocenters. The van der Waals surface area contributed by atoms with E-state index in [-0.39, 0.29) is 23.3 Å². The van der Waals surface area contributed by atoms with Crippen molar-refractivity contribution in [1.29, 1.82) is 0 Å². The highest BCUT2D eigenvalue weighted by molar-refractivity contribution is 6.30. The molecule has 0 bridgehead atoms. The third-order valence-corrected chi connectivity index (χ3v) is 2.84. The fourth-order valence-corrected chi connectivity index (χ4v) is 1.90. The maximum Gasteiger partial charge on any atom is 0.255 e. The van der Waals surface area contributed by atoms with E-state index in [4.69, 9.17) is 11.6 Å². The van der Waals surface area contributed by atoms with Crippen molar-refractivity contribution in [1.82, 2.24) is 10.6 Å². The molecule has 1 saturated heterocycles. The van der Waals surface area contributed by atoms with Gasteiger partial charge >= 0.3 is 0 Å². The van der Waals surface area contributed by atoms with Gasteiger partial charge in [-0.3, -0.25) is 4.79 Å². The molecule has 4 nitrogen and oxygen atoms in total. The fourth-order valence-electron chi connectivity index (χ4n) is 1.74. The van der Waals surface area contributed by atoms with E-state index >= 15 is 0 Å². The van der Waals surface area contributed by atoms with Gasteiger partial charge in [-0.05, 0) is 31.2 Å². The molecule has 1 atom stereocenters. The standard InChI is InChI=1S/C11H13ClN2O2/c12-7-1-2-9(10(15)5-7)11(16)14-8-3-4-13-6-8/h1-2,5,8,13,15H,3-4,6H2,(H,14,16). The average molecular weight is 241 g/mol. The second-order valence-corrected chi connectivity index (χ2v) is 4.26. The Kier molecular flexibility index (Phi) is 3.31.